The minimum absolute atomic E-state index is 0.0199. The van der Waals surface area contributed by atoms with Crippen LogP contribution in [0.5, 0.6) is 0 Å². The lowest BCUT2D eigenvalue weighted by Crippen LogP contribution is -2.45. The van der Waals surface area contributed by atoms with Crippen LogP contribution in [0, 0.1) is 11.7 Å². The molecule has 1 saturated carbocycles. The van der Waals surface area contributed by atoms with Crippen molar-refractivity contribution in [1.82, 2.24) is 20.4 Å². The van der Waals surface area contributed by atoms with Crippen LogP contribution in [0.4, 0.5) is 4.39 Å². The van der Waals surface area contributed by atoms with E-state index in [0.29, 0.717) is 30.8 Å². The van der Waals surface area contributed by atoms with Crippen molar-refractivity contribution < 1.29 is 13.7 Å². The van der Waals surface area contributed by atoms with Gasteiger partial charge in [-0.15, -0.1) is 0 Å². The molecule has 1 unspecified atom stereocenters. The Morgan fingerprint density at radius 3 is 2.62 bits per heavy atom. The number of amides is 1. The van der Waals surface area contributed by atoms with Crippen LogP contribution in [0.15, 0.2) is 28.8 Å². The summed E-state index contributed by atoms with van der Waals surface area (Å²) in [5.41, 5.74) is 0.723. The molecule has 0 bridgehead atoms. The summed E-state index contributed by atoms with van der Waals surface area (Å²) in [6.45, 7) is 2.16. The van der Waals surface area contributed by atoms with E-state index < -0.39 is 0 Å². The number of carbonyl (C=O) groups is 1. The fraction of sp³-hybridized carbons (Fsp3) is 0.591. The molecular formula is C22H29FN4O2. The van der Waals surface area contributed by atoms with E-state index >= 15 is 0 Å². The van der Waals surface area contributed by atoms with Gasteiger partial charge in [0.15, 0.2) is 0 Å². The minimum atomic E-state index is -0.293. The molecule has 2 heterocycles. The minimum Gasteiger partial charge on any atom is -0.353 e. The number of nitrogens with zero attached hydrogens (tertiary/aromatic N) is 3. The van der Waals surface area contributed by atoms with Crippen LogP contribution in [0.2, 0.25) is 0 Å². The van der Waals surface area contributed by atoms with Crippen LogP contribution in [-0.4, -0.2) is 40.1 Å². The molecule has 1 aromatic carbocycles. The van der Waals surface area contributed by atoms with Gasteiger partial charge in [-0.2, -0.15) is 4.98 Å². The Morgan fingerprint density at radius 2 is 1.86 bits per heavy atom. The molecule has 2 aromatic rings. The number of hydrogen-bond donors (Lipinski definition) is 1. The third-order valence-electron chi connectivity index (χ3n) is 6.01. The molecular weight excluding hydrogens is 371 g/mol. The first kappa shape index (κ1) is 20.0. The standard InChI is InChI=1S/C22H29FN4O2/c23-18-11-9-16(10-12-18)21-25-20(29-26-21)15-27-13-5-6-17(14-27)22(28)24-19-7-3-1-2-4-8-19/h9-12,17,19H,1-8,13-15H2,(H,24,28). The summed E-state index contributed by atoms with van der Waals surface area (Å²) in [5.74, 6) is 0.901. The average molecular weight is 400 g/mol. The maximum absolute atomic E-state index is 13.1. The smallest absolute Gasteiger partial charge is 0.241 e. The van der Waals surface area contributed by atoms with Crippen LogP contribution >= 0.6 is 0 Å². The van der Waals surface area contributed by atoms with Crippen molar-refractivity contribution in [3.05, 3.63) is 36.0 Å². The molecule has 6 nitrogen and oxygen atoms in total. The summed E-state index contributed by atoms with van der Waals surface area (Å²) >= 11 is 0. The highest BCUT2D eigenvalue weighted by atomic mass is 19.1. The summed E-state index contributed by atoms with van der Waals surface area (Å²) in [7, 11) is 0. The molecule has 1 N–H and O–H groups in total. The van der Waals surface area contributed by atoms with E-state index in [4.69, 9.17) is 4.52 Å². The van der Waals surface area contributed by atoms with Crippen molar-refractivity contribution in [1.29, 1.82) is 0 Å². The topological polar surface area (TPSA) is 71.3 Å². The van der Waals surface area contributed by atoms with E-state index in [1.807, 2.05) is 0 Å². The summed E-state index contributed by atoms with van der Waals surface area (Å²) in [4.78, 5) is 19.4. The van der Waals surface area contributed by atoms with E-state index in [2.05, 4.69) is 20.4 Å². The maximum atomic E-state index is 13.1. The number of piperidine rings is 1. The van der Waals surface area contributed by atoms with Gasteiger partial charge in [0.1, 0.15) is 5.82 Å². The Morgan fingerprint density at radius 1 is 1.10 bits per heavy atom. The second-order valence-electron chi connectivity index (χ2n) is 8.29. The molecule has 1 atom stereocenters. The number of nitrogens with one attached hydrogen (secondary N) is 1. The summed E-state index contributed by atoms with van der Waals surface area (Å²) in [6, 6.07) is 6.38. The Kier molecular flexibility index (Phi) is 6.54. The number of halogens is 1. The van der Waals surface area contributed by atoms with E-state index in [9.17, 15) is 9.18 Å². The van der Waals surface area contributed by atoms with E-state index in [0.717, 1.165) is 37.8 Å². The van der Waals surface area contributed by atoms with Crippen molar-refractivity contribution in [2.75, 3.05) is 13.1 Å². The fourth-order valence-corrected chi connectivity index (χ4v) is 4.38. The lowest BCUT2D eigenvalue weighted by Gasteiger charge is -2.31. The summed E-state index contributed by atoms with van der Waals surface area (Å²) in [5, 5.41) is 7.30. The highest BCUT2D eigenvalue weighted by Gasteiger charge is 2.28. The molecule has 0 spiro atoms. The highest BCUT2D eigenvalue weighted by molar-refractivity contribution is 5.79. The van der Waals surface area contributed by atoms with Gasteiger partial charge in [0, 0.05) is 18.2 Å². The molecule has 156 valence electrons. The molecule has 1 saturated heterocycles. The van der Waals surface area contributed by atoms with Gasteiger partial charge < -0.3 is 9.84 Å². The van der Waals surface area contributed by atoms with Crippen molar-refractivity contribution in [2.24, 2.45) is 5.92 Å². The fourth-order valence-electron chi connectivity index (χ4n) is 4.38. The van der Waals surface area contributed by atoms with Crippen LogP contribution in [-0.2, 0) is 11.3 Å². The van der Waals surface area contributed by atoms with Crippen LogP contribution < -0.4 is 5.32 Å². The number of benzene rings is 1. The maximum Gasteiger partial charge on any atom is 0.241 e. The summed E-state index contributed by atoms with van der Waals surface area (Å²) in [6.07, 6.45) is 9.14. The van der Waals surface area contributed by atoms with E-state index in [-0.39, 0.29) is 17.6 Å². The molecule has 1 aromatic heterocycles. The Balaban J connectivity index is 1.31. The zero-order valence-corrected chi connectivity index (χ0v) is 16.8. The zero-order valence-electron chi connectivity index (χ0n) is 16.8. The molecule has 4 rings (SSSR count). The monoisotopic (exact) mass is 400 g/mol. The molecule has 2 aliphatic rings. The van der Waals surface area contributed by atoms with Crippen LogP contribution in [0.25, 0.3) is 11.4 Å². The summed E-state index contributed by atoms with van der Waals surface area (Å²) < 4.78 is 18.5. The first-order valence-electron chi connectivity index (χ1n) is 10.8. The van der Waals surface area contributed by atoms with Crippen molar-refractivity contribution in [3.8, 4) is 11.4 Å². The molecule has 2 fully saturated rings. The second-order valence-corrected chi connectivity index (χ2v) is 8.29. The van der Waals surface area contributed by atoms with Crippen molar-refractivity contribution in [3.63, 3.8) is 0 Å². The predicted molar refractivity (Wildman–Crippen MR) is 107 cm³/mol. The number of hydrogen-bond acceptors (Lipinski definition) is 5. The molecule has 1 aliphatic heterocycles. The normalized spacial score (nSPS) is 21.6. The first-order valence-corrected chi connectivity index (χ1v) is 10.8. The lowest BCUT2D eigenvalue weighted by atomic mass is 9.96. The van der Waals surface area contributed by atoms with Gasteiger partial charge in [0.2, 0.25) is 17.6 Å². The molecule has 29 heavy (non-hydrogen) atoms. The Hall–Kier alpha value is -2.28. The van der Waals surface area contributed by atoms with Crippen molar-refractivity contribution >= 4 is 5.91 Å². The second kappa shape index (κ2) is 9.48. The van der Waals surface area contributed by atoms with Gasteiger partial charge in [0.05, 0.1) is 12.5 Å². The van der Waals surface area contributed by atoms with Crippen molar-refractivity contribution in [2.45, 2.75) is 64.0 Å². The number of likely N-dealkylation sites (tertiary alicyclic amines) is 1. The van der Waals surface area contributed by atoms with Gasteiger partial charge in [0.25, 0.3) is 0 Å². The van der Waals surface area contributed by atoms with Crippen LogP contribution in [0.3, 0.4) is 0 Å². The largest absolute Gasteiger partial charge is 0.353 e. The van der Waals surface area contributed by atoms with Gasteiger partial charge in [-0.1, -0.05) is 30.8 Å². The number of rotatable bonds is 5. The number of aromatic nitrogens is 2. The SMILES string of the molecule is O=C(NC1CCCCCC1)C1CCCN(Cc2nc(-c3ccc(F)cc3)no2)C1. The molecule has 1 aliphatic carbocycles. The van der Waals surface area contributed by atoms with E-state index in [1.54, 1.807) is 12.1 Å². The zero-order chi connectivity index (χ0) is 20.1. The molecule has 1 amide bonds. The highest BCUT2D eigenvalue weighted by Crippen LogP contribution is 2.22. The Labute approximate surface area is 170 Å². The first-order chi connectivity index (χ1) is 14.2. The Bertz CT molecular complexity index is 799. The van der Waals surface area contributed by atoms with Crippen LogP contribution in [0.1, 0.15) is 57.3 Å². The van der Waals surface area contributed by atoms with E-state index in [1.165, 1.54) is 37.8 Å². The predicted octanol–water partition coefficient (Wildman–Crippen LogP) is 3.93. The number of carbonyl (C=O) groups excluding carboxylic acids is 1. The quantitative estimate of drug-likeness (QED) is 0.770. The third-order valence-corrected chi connectivity index (χ3v) is 6.01. The van der Waals surface area contributed by atoms with Gasteiger partial charge >= 0.3 is 0 Å². The third kappa shape index (κ3) is 5.41. The molecule has 0 radical (unpaired) electrons. The van der Waals surface area contributed by atoms with Gasteiger partial charge in [-0.25, -0.2) is 4.39 Å². The average Bonchev–Trinajstić information content (AvgIpc) is 3.04. The lowest BCUT2D eigenvalue weighted by molar-refractivity contribution is -0.127. The molecule has 7 heteroatoms. The van der Waals surface area contributed by atoms with Gasteiger partial charge in [-0.3, -0.25) is 9.69 Å². The van der Waals surface area contributed by atoms with Gasteiger partial charge in [-0.05, 0) is 56.5 Å².